The predicted molar refractivity (Wildman–Crippen MR) is 101 cm³/mol. The van der Waals surface area contributed by atoms with Crippen LogP contribution in [0.5, 0.6) is 0 Å². The van der Waals surface area contributed by atoms with Gasteiger partial charge >= 0.3 is 0 Å². The fourth-order valence-electron chi connectivity index (χ4n) is 2.91. The Kier molecular flexibility index (Phi) is 5.32. The molecular weight excluding hydrogens is 362 g/mol. The Labute approximate surface area is 160 Å². The van der Waals surface area contributed by atoms with Crippen molar-refractivity contribution < 1.29 is 13.6 Å². The molecule has 0 bridgehead atoms. The molecule has 7 heteroatoms. The number of nitrogens with one attached hydrogen (secondary N) is 1. The van der Waals surface area contributed by atoms with Crippen LogP contribution in [0.15, 0.2) is 53.6 Å². The van der Waals surface area contributed by atoms with Crippen LogP contribution in [-0.2, 0) is 0 Å². The van der Waals surface area contributed by atoms with Gasteiger partial charge in [0.2, 0.25) is 0 Å². The monoisotopic (exact) mass is 378 g/mol. The molecule has 0 unspecified atom stereocenters. The largest absolute Gasteiger partial charge is 0.315 e. The smallest absolute Gasteiger partial charge is 0.274 e. The number of aryl methyl sites for hydroxylation is 1. The first kappa shape index (κ1) is 19.0. The van der Waals surface area contributed by atoms with Gasteiger partial charge in [0.1, 0.15) is 11.6 Å². The van der Waals surface area contributed by atoms with Gasteiger partial charge in [0.15, 0.2) is 0 Å². The first-order valence-corrected chi connectivity index (χ1v) is 8.39. The highest BCUT2D eigenvalue weighted by Crippen LogP contribution is 2.21. The minimum atomic E-state index is -0.801. The van der Waals surface area contributed by atoms with E-state index in [9.17, 15) is 13.6 Å². The summed E-state index contributed by atoms with van der Waals surface area (Å²) in [5.41, 5.74) is 4.81. The van der Waals surface area contributed by atoms with Crippen LogP contribution in [0.1, 0.15) is 32.9 Å². The van der Waals surface area contributed by atoms with Crippen molar-refractivity contribution in [2.45, 2.75) is 13.8 Å². The van der Waals surface area contributed by atoms with E-state index in [1.54, 1.807) is 34.9 Å². The van der Waals surface area contributed by atoms with Crippen molar-refractivity contribution in [3.05, 3.63) is 88.2 Å². The van der Waals surface area contributed by atoms with Crippen molar-refractivity contribution in [3.8, 4) is 11.8 Å². The maximum atomic E-state index is 14.1. The van der Waals surface area contributed by atoms with E-state index in [0.717, 1.165) is 17.5 Å². The zero-order valence-corrected chi connectivity index (χ0v) is 15.2. The van der Waals surface area contributed by atoms with Crippen LogP contribution in [0.2, 0.25) is 0 Å². The summed E-state index contributed by atoms with van der Waals surface area (Å²) in [5.74, 6) is -1.89. The van der Waals surface area contributed by atoms with Crippen molar-refractivity contribution in [2.75, 3.05) is 0 Å². The summed E-state index contributed by atoms with van der Waals surface area (Å²) in [4.78, 5) is 12.1. The van der Waals surface area contributed by atoms with Crippen LogP contribution in [0.4, 0.5) is 8.78 Å². The van der Waals surface area contributed by atoms with Gasteiger partial charge in [-0.1, -0.05) is 12.1 Å². The van der Waals surface area contributed by atoms with Gasteiger partial charge in [0.25, 0.3) is 5.91 Å². The Bertz CT molecular complexity index is 1130. The molecule has 0 fully saturated rings. The highest BCUT2D eigenvalue weighted by atomic mass is 19.1. The highest BCUT2D eigenvalue weighted by Gasteiger charge is 2.14. The SMILES string of the molecule is Cc1cc(/C=N\NC(=O)c2ccc(C#N)cc2F)c(C)n1-c1ccccc1F. The molecule has 3 aromatic rings. The molecule has 1 amide bonds. The van der Waals surface area contributed by atoms with Gasteiger partial charge < -0.3 is 4.57 Å². The summed E-state index contributed by atoms with van der Waals surface area (Å²) < 4.78 is 29.7. The van der Waals surface area contributed by atoms with Crippen molar-refractivity contribution in [3.63, 3.8) is 0 Å². The van der Waals surface area contributed by atoms with Gasteiger partial charge in [0, 0.05) is 17.0 Å². The molecule has 0 radical (unpaired) electrons. The van der Waals surface area contributed by atoms with E-state index in [0.29, 0.717) is 11.3 Å². The number of hydrogen-bond donors (Lipinski definition) is 1. The zero-order chi connectivity index (χ0) is 20.3. The number of carbonyl (C=O) groups excluding carboxylic acids is 1. The third-order valence-corrected chi connectivity index (χ3v) is 4.28. The van der Waals surface area contributed by atoms with E-state index in [1.165, 1.54) is 24.4 Å². The average molecular weight is 378 g/mol. The number of aromatic nitrogens is 1. The number of halogens is 2. The highest BCUT2D eigenvalue weighted by molar-refractivity contribution is 5.95. The molecule has 0 aliphatic carbocycles. The van der Waals surface area contributed by atoms with Gasteiger partial charge in [-0.3, -0.25) is 4.79 Å². The Morgan fingerprint density at radius 1 is 1.14 bits per heavy atom. The van der Waals surface area contributed by atoms with E-state index in [1.807, 2.05) is 13.8 Å². The van der Waals surface area contributed by atoms with E-state index < -0.39 is 11.7 Å². The molecular formula is C21H16F2N4O. The topological polar surface area (TPSA) is 70.2 Å². The second-order valence-corrected chi connectivity index (χ2v) is 6.12. The fourth-order valence-corrected chi connectivity index (χ4v) is 2.91. The lowest BCUT2D eigenvalue weighted by atomic mass is 10.1. The van der Waals surface area contributed by atoms with Crippen molar-refractivity contribution >= 4 is 12.1 Å². The maximum Gasteiger partial charge on any atom is 0.274 e. The molecule has 0 atom stereocenters. The number of para-hydroxylation sites is 1. The lowest BCUT2D eigenvalue weighted by Gasteiger charge is -2.10. The van der Waals surface area contributed by atoms with Crippen LogP contribution in [-0.4, -0.2) is 16.7 Å². The van der Waals surface area contributed by atoms with Crippen molar-refractivity contribution in [1.82, 2.24) is 9.99 Å². The number of hydrogen-bond acceptors (Lipinski definition) is 3. The van der Waals surface area contributed by atoms with Gasteiger partial charge in [-0.2, -0.15) is 10.4 Å². The van der Waals surface area contributed by atoms with Crippen LogP contribution in [0.3, 0.4) is 0 Å². The standard InChI is InChI=1S/C21H16F2N4O/c1-13-9-16(14(2)27(13)20-6-4-3-5-18(20)22)12-25-26-21(28)17-8-7-15(11-24)10-19(17)23/h3-10,12H,1-2H3,(H,26,28)/b25-12-. The molecule has 1 N–H and O–H groups in total. The number of rotatable bonds is 4. The zero-order valence-electron chi connectivity index (χ0n) is 15.2. The summed E-state index contributed by atoms with van der Waals surface area (Å²) in [6, 6.07) is 13.6. The molecule has 1 heterocycles. The Morgan fingerprint density at radius 3 is 2.57 bits per heavy atom. The summed E-state index contributed by atoms with van der Waals surface area (Å²) in [5, 5.41) is 12.6. The molecule has 5 nitrogen and oxygen atoms in total. The van der Waals surface area contributed by atoms with Crippen LogP contribution in [0, 0.1) is 36.8 Å². The number of hydrazone groups is 1. The molecule has 0 aliphatic heterocycles. The second-order valence-electron chi connectivity index (χ2n) is 6.12. The second kappa shape index (κ2) is 7.84. The summed E-state index contributed by atoms with van der Waals surface area (Å²) in [6.45, 7) is 3.64. The van der Waals surface area contributed by atoms with Gasteiger partial charge in [-0.05, 0) is 50.2 Å². The first-order valence-electron chi connectivity index (χ1n) is 8.39. The van der Waals surface area contributed by atoms with Crippen LogP contribution < -0.4 is 5.43 Å². The van der Waals surface area contributed by atoms with E-state index in [-0.39, 0.29) is 16.9 Å². The molecule has 28 heavy (non-hydrogen) atoms. The molecule has 0 saturated heterocycles. The molecule has 3 rings (SSSR count). The van der Waals surface area contributed by atoms with Crippen LogP contribution in [0.25, 0.3) is 5.69 Å². The molecule has 0 saturated carbocycles. The first-order chi connectivity index (χ1) is 13.4. The fraction of sp³-hybridized carbons (Fsp3) is 0.0952. The third kappa shape index (κ3) is 3.67. The maximum absolute atomic E-state index is 14.1. The average Bonchev–Trinajstić information content (AvgIpc) is 2.95. The Morgan fingerprint density at radius 2 is 1.89 bits per heavy atom. The number of benzene rings is 2. The molecule has 0 spiro atoms. The number of nitriles is 1. The number of nitrogens with zero attached hydrogens (tertiary/aromatic N) is 3. The third-order valence-electron chi connectivity index (χ3n) is 4.28. The van der Waals surface area contributed by atoms with Crippen LogP contribution >= 0.6 is 0 Å². The van der Waals surface area contributed by atoms with E-state index in [4.69, 9.17) is 5.26 Å². The summed E-state index contributed by atoms with van der Waals surface area (Å²) in [6.07, 6.45) is 1.42. The number of amides is 1. The normalized spacial score (nSPS) is 10.8. The lowest BCUT2D eigenvalue weighted by Crippen LogP contribution is -2.19. The quantitative estimate of drug-likeness (QED) is 0.550. The summed E-state index contributed by atoms with van der Waals surface area (Å²) in [7, 11) is 0. The van der Waals surface area contributed by atoms with Gasteiger partial charge in [-0.15, -0.1) is 0 Å². The predicted octanol–water partition coefficient (Wildman–Crippen LogP) is 4.01. The minimum Gasteiger partial charge on any atom is -0.315 e. The van der Waals surface area contributed by atoms with Gasteiger partial charge in [0.05, 0.1) is 29.1 Å². The number of carbonyl (C=O) groups is 1. The summed E-state index contributed by atoms with van der Waals surface area (Å²) >= 11 is 0. The molecule has 0 aliphatic rings. The van der Waals surface area contributed by atoms with E-state index in [2.05, 4.69) is 10.5 Å². The molecule has 2 aromatic carbocycles. The molecule has 140 valence electrons. The Hall–Kier alpha value is -3.79. The van der Waals surface area contributed by atoms with Gasteiger partial charge in [-0.25, -0.2) is 14.2 Å². The minimum absolute atomic E-state index is 0.123. The lowest BCUT2D eigenvalue weighted by molar-refractivity contribution is 0.0951. The van der Waals surface area contributed by atoms with E-state index >= 15 is 0 Å². The van der Waals surface area contributed by atoms with Crippen molar-refractivity contribution in [2.24, 2.45) is 5.10 Å². The Balaban J connectivity index is 1.81. The molecule has 1 aromatic heterocycles. The van der Waals surface area contributed by atoms with Crippen molar-refractivity contribution in [1.29, 1.82) is 5.26 Å².